The molecule has 1 aromatic rings. The van der Waals surface area contributed by atoms with Crippen molar-refractivity contribution in [1.82, 2.24) is 4.98 Å². The summed E-state index contributed by atoms with van der Waals surface area (Å²) in [5, 5.41) is 8.73. The van der Waals surface area contributed by atoms with Gasteiger partial charge in [-0.05, 0) is 25.7 Å². The van der Waals surface area contributed by atoms with Crippen LogP contribution in [0.5, 0.6) is 0 Å². The van der Waals surface area contributed by atoms with Crippen LogP contribution in [0.1, 0.15) is 23.4 Å². The lowest BCUT2D eigenvalue weighted by molar-refractivity contribution is -0.134. The fraction of sp³-hybridized carbons (Fsp3) is 0.556. The number of carboxylic acids is 1. The van der Waals surface area contributed by atoms with Gasteiger partial charge in [-0.3, -0.25) is 9.52 Å². The molecule has 17 heavy (non-hydrogen) atoms. The number of carboxylic acid groups (broad SMARTS) is 1. The second kappa shape index (κ2) is 4.61. The van der Waals surface area contributed by atoms with Crippen LogP contribution in [0.15, 0.2) is 0 Å². The zero-order chi connectivity index (χ0) is 12.5. The number of aryl methyl sites for hydroxylation is 2. The fourth-order valence-corrected chi connectivity index (χ4v) is 3.89. The van der Waals surface area contributed by atoms with Gasteiger partial charge in [0, 0.05) is 4.88 Å². The van der Waals surface area contributed by atoms with Crippen LogP contribution in [0.25, 0.3) is 0 Å². The molecule has 0 spiro atoms. The van der Waals surface area contributed by atoms with Gasteiger partial charge in [0.05, 0.1) is 5.69 Å². The molecule has 1 aliphatic rings. The number of aromatic nitrogens is 1. The lowest BCUT2D eigenvalue weighted by atomic mass is 10.0. The maximum absolute atomic E-state index is 11.4. The van der Waals surface area contributed by atoms with Gasteiger partial charge in [0.25, 0.3) is 0 Å². The number of anilines is 1. The van der Waals surface area contributed by atoms with Crippen molar-refractivity contribution in [2.45, 2.75) is 25.7 Å². The first kappa shape index (κ1) is 12.3. The summed E-state index contributed by atoms with van der Waals surface area (Å²) in [5.74, 6) is -2.31. The summed E-state index contributed by atoms with van der Waals surface area (Å²) in [4.78, 5) is 15.6. The van der Waals surface area contributed by atoms with E-state index >= 15 is 0 Å². The van der Waals surface area contributed by atoms with Crippen LogP contribution in [0.4, 0.5) is 5.13 Å². The number of carbonyl (C=O) groups is 1. The Morgan fingerprint density at radius 2 is 2.12 bits per heavy atom. The van der Waals surface area contributed by atoms with Crippen molar-refractivity contribution in [2.75, 3.05) is 10.5 Å². The van der Waals surface area contributed by atoms with Crippen LogP contribution in [-0.2, 0) is 27.7 Å². The molecule has 1 aliphatic carbocycles. The molecule has 0 fully saturated rings. The van der Waals surface area contributed by atoms with Crippen molar-refractivity contribution in [3.63, 3.8) is 0 Å². The van der Waals surface area contributed by atoms with E-state index < -0.39 is 21.7 Å². The molecule has 0 bridgehead atoms. The van der Waals surface area contributed by atoms with Crippen LogP contribution in [0.2, 0.25) is 0 Å². The summed E-state index contributed by atoms with van der Waals surface area (Å²) in [6.07, 6.45) is 3.95. The van der Waals surface area contributed by atoms with Crippen molar-refractivity contribution in [2.24, 2.45) is 0 Å². The summed E-state index contributed by atoms with van der Waals surface area (Å²) < 4.78 is 25.0. The maximum atomic E-state index is 11.4. The molecule has 0 unspecified atom stereocenters. The molecular weight excluding hydrogens is 264 g/mol. The van der Waals surface area contributed by atoms with Crippen LogP contribution in [0, 0.1) is 0 Å². The predicted octanol–water partition coefficient (Wildman–Crippen LogP) is 0.848. The van der Waals surface area contributed by atoms with Gasteiger partial charge in [-0.2, -0.15) is 0 Å². The van der Waals surface area contributed by atoms with E-state index in [4.69, 9.17) is 5.11 Å². The molecule has 0 atom stereocenters. The molecule has 6 nitrogen and oxygen atoms in total. The van der Waals surface area contributed by atoms with Gasteiger partial charge in [-0.15, -0.1) is 11.3 Å². The van der Waals surface area contributed by atoms with Crippen molar-refractivity contribution in [3.8, 4) is 0 Å². The minimum Gasteiger partial charge on any atom is -0.480 e. The van der Waals surface area contributed by atoms with E-state index in [2.05, 4.69) is 9.71 Å². The van der Waals surface area contributed by atoms with E-state index in [1.807, 2.05) is 0 Å². The minimum atomic E-state index is -3.83. The summed E-state index contributed by atoms with van der Waals surface area (Å²) in [6, 6.07) is 0. The van der Waals surface area contributed by atoms with Crippen molar-refractivity contribution < 1.29 is 18.3 Å². The lowest BCUT2D eigenvalue weighted by Gasteiger charge is -2.06. The maximum Gasteiger partial charge on any atom is 0.320 e. The molecule has 0 amide bonds. The highest BCUT2D eigenvalue weighted by molar-refractivity contribution is 7.93. The van der Waals surface area contributed by atoms with E-state index in [1.54, 1.807) is 0 Å². The van der Waals surface area contributed by atoms with Crippen LogP contribution >= 0.6 is 11.3 Å². The molecule has 2 N–H and O–H groups in total. The topological polar surface area (TPSA) is 96.4 Å². The Bertz CT molecular complexity index is 512. The van der Waals surface area contributed by atoms with Crippen molar-refractivity contribution in [3.05, 3.63) is 10.6 Å². The third-order valence-electron chi connectivity index (χ3n) is 2.40. The molecule has 2 rings (SSSR count). The van der Waals surface area contributed by atoms with Crippen LogP contribution in [-0.4, -0.2) is 30.2 Å². The first-order chi connectivity index (χ1) is 7.96. The van der Waals surface area contributed by atoms with Gasteiger partial charge in [0.15, 0.2) is 10.9 Å². The normalized spacial score (nSPS) is 15.3. The Labute approximate surface area is 103 Å². The Balaban J connectivity index is 2.13. The second-order valence-corrected chi connectivity index (χ2v) is 6.66. The lowest BCUT2D eigenvalue weighted by Crippen LogP contribution is -2.22. The third-order valence-corrected chi connectivity index (χ3v) is 4.74. The Morgan fingerprint density at radius 3 is 2.76 bits per heavy atom. The monoisotopic (exact) mass is 276 g/mol. The quantitative estimate of drug-likeness (QED) is 0.849. The van der Waals surface area contributed by atoms with Gasteiger partial charge in [-0.25, -0.2) is 13.4 Å². The van der Waals surface area contributed by atoms with E-state index in [0.29, 0.717) is 0 Å². The summed E-state index contributed by atoms with van der Waals surface area (Å²) >= 11 is 1.29. The molecule has 8 heteroatoms. The van der Waals surface area contributed by atoms with E-state index in [0.717, 1.165) is 36.3 Å². The molecule has 0 saturated carbocycles. The summed E-state index contributed by atoms with van der Waals surface area (Å²) in [6.45, 7) is 0. The number of aliphatic carboxylic acids is 1. The number of sulfonamides is 1. The van der Waals surface area contributed by atoms with Crippen molar-refractivity contribution >= 4 is 32.5 Å². The SMILES string of the molecule is O=C(O)CS(=O)(=O)Nc1nc2c(s1)CCCC2. The predicted molar refractivity (Wildman–Crippen MR) is 63.8 cm³/mol. The van der Waals surface area contributed by atoms with Gasteiger partial charge >= 0.3 is 5.97 Å². The van der Waals surface area contributed by atoms with E-state index in [1.165, 1.54) is 11.3 Å². The highest BCUT2D eigenvalue weighted by Crippen LogP contribution is 2.29. The zero-order valence-electron chi connectivity index (χ0n) is 8.97. The first-order valence-electron chi connectivity index (χ1n) is 5.17. The van der Waals surface area contributed by atoms with Gasteiger partial charge < -0.3 is 5.11 Å². The number of rotatable bonds is 4. The third kappa shape index (κ3) is 3.16. The average Bonchev–Trinajstić information content (AvgIpc) is 2.55. The van der Waals surface area contributed by atoms with E-state index in [-0.39, 0.29) is 5.13 Å². The van der Waals surface area contributed by atoms with Crippen LogP contribution in [0.3, 0.4) is 0 Å². The van der Waals surface area contributed by atoms with Crippen molar-refractivity contribution in [1.29, 1.82) is 0 Å². The largest absolute Gasteiger partial charge is 0.480 e. The van der Waals surface area contributed by atoms with Gasteiger partial charge in [0.2, 0.25) is 10.0 Å². The smallest absolute Gasteiger partial charge is 0.320 e. The molecule has 1 aromatic heterocycles. The highest BCUT2D eigenvalue weighted by atomic mass is 32.2. The number of thiazole rings is 1. The minimum absolute atomic E-state index is 0.276. The van der Waals surface area contributed by atoms with Gasteiger partial charge in [0.1, 0.15) is 0 Å². The number of nitrogens with zero attached hydrogens (tertiary/aromatic N) is 1. The molecule has 1 heterocycles. The molecule has 0 saturated heterocycles. The molecule has 0 radical (unpaired) electrons. The Kier molecular flexibility index (Phi) is 3.34. The zero-order valence-corrected chi connectivity index (χ0v) is 10.6. The summed E-state index contributed by atoms with van der Waals surface area (Å²) in [5.41, 5.74) is 0.939. The fourth-order valence-electron chi connectivity index (χ4n) is 1.73. The molecule has 0 aliphatic heterocycles. The Morgan fingerprint density at radius 1 is 1.41 bits per heavy atom. The van der Waals surface area contributed by atoms with Crippen LogP contribution < -0.4 is 4.72 Å². The number of nitrogens with one attached hydrogen (secondary N) is 1. The number of hydrogen-bond donors (Lipinski definition) is 2. The number of fused-ring (bicyclic) bond motifs is 1. The summed E-state index contributed by atoms with van der Waals surface area (Å²) in [7, 11) is -3.83. The second-order valence-electron chi connectivity index (χ2n) is 3.85. The highest BCUT2D eigenvalue weighted by Gasteiger charge is 2.20. The van der Waals surface area contributed by atoms with E-state index in [9.17, 15) is 13.2 Å². The van der Waals surface area contributed by atoms with Gasteiger partial charge in [-0.1, -0.05) is 0 Å². The Hall–Kier alpha value is -1.15. The first-order valence-corrected chi connectivity index (χ1v) is 7.64. The number of hydrogen-bond acceptors (Lipinski definition) is 5. The standard InChI is InChI=1S/C9H12N2O4S2/c12-8(13)5-17(14,15)11-9-10-6-3-1-2-4-7(6)16-9/h1-5H2,(H,10,11)(H,12,13). The molecular formula is C9H12N2O4S2. The molecule has 0 aromatic carbocycles. The molecule has 94 valence electrons. The average molecular weight is 276 g/mol.